The smallest absolute Gasteiger partial charge is 0.422 e. The first-order valence-corrected chi connectivity index (χ1v) is 8.93. The van der Waals surface area contributed by atoms with Crippen LogP contribution in [-0.4, -0.2) is 69.5 Å². The van der Waals surface area contributed by atoms with Gasteiger partial charge in [0.05, 0.1) is 12.6 Å². The van der Waals surface area contributed by atoms with Gasteiger partial charge in [-0.1, -0.05) is 6.58 Å². The molecule has 3 fully saturated rings. The van der Waals surface area contributed by atoms with E-state index in [2.05, 4.69) is 16.6 Å². The predicted molar refractivity (Wildman–Crippen MR) is 75.3 cm³/mol. The van der Waals surface area contributed by atoms with Crippen molar-refractivity contribution in [2.45, 2.75) is 42.3 Å². The summed E-state index contributed by atoms with van der Waals surface area (Å²) in [6.45, 7) is 1.72. The summed E-state index contributed by atoms with van der Waals surface area (Å²) in [7, 11) is -3.75. The van der Waals surface area contributed by atoms with Crippen LogP contribution in [0.15, 0.2) is 12.2 Å². The summed E-state index contributed by atoms with van der Waals surface area (Å²) in [5.41, 5.74) is -1.66. The number of fused-ring (bicyclic) bond motifs is 1. The SMILES string of the molecule is C=C(C(=O)OCCNC(=O)OC1C2CC3C(O2)C1OS3(=O)=O)C(F)(F)F. The second-order valence-electron chi connectivity index (χ2n) is 5.88. The Morgan fingerprint density at radius 1 is 1.27 bits per heavy atom. The quantitative estimate of drug-likeness (QED) is 0.296. The van der Waals surface area contributed by atoms with E-state index >= 15 is 0 Å². The Balaban J connectivity index is 1.41. The van der Waals surface area contributed by atoms with Gasteiger partial charge < -0.3 is 19.5 Å². The Bertz CT molecular complexity index is 736. The van der Waals surface area contributed by atoms with Crippen LogP contribution in [0.2, 0.25) is 0 Å². The van der Waals surface area contributed by atoms with Gasteiger partial charge in [0.25, 0.3) is 10.1 Å². The maximum atomic E-state index is 12.2. The third-order valence-electron chi connectivity index (χ3n) is 4.23. The van der Waals surface area contributed by atoms with Gasteiger partial charge >= 0.3 is 18.2 Å². The molecule has 5 unspecified atom stereocenters. The number of esters is 1. The molecule has 3 aliphatic rings. The highest BCUT2D eigenvalue weighted by Crippen LogP contribution is 2.47. The van der Waals surface area contributed by atoms with Crippen LogP contribution in [0.5, 0.6) is 0 Å². The summed E-state index contributed by atoms with van der Waals surface area (Å²) in [4.78, 5) is 22.8. The predicted octanol–water partition coefficient (Wildman–Crippen LogP) is 0.0112. The number of amides is 1. The van der Waals surface area contributed by atoms with Crippen molar-refractivity contribution < 1.29 is 49.6 Å². The number of alkyl halides is 3. The zero-order chi connectivity index (χ0) is 19.3. The Morgan fingerprint density at radius 2 is 1.96 bits per heavy atom. The number of carbonyl (C=O) groups is 2. The van der Waals surface area contributed by atoms with Crippen LogP contribution in [-0.2, 0) is 33.3 Å². The number of hydrogen-bond acceptors (Lipinski definition) is 8. The molecule has 5 atom stereocenters. The fourth-order valence-electron chi connectivity index (χ4n) is 3.03. The summed E-state index contributed by atoms with van der Waals surface area (Å²) in [6.07, 6.45) is -8.84. The second-order valence-corrected chi connectivity index (χ2v) is 7.66. The number of ether oxygens (including phenoxy) is 3. The minimum atomic E-state index is -4.90. The van der Waals surface area contributed by atoms with Gasteiger partial charge in [-0.15, -0.1) is 0 Å². The molecule has 0 radical (unpaired) electrons. The molecule has 26 heavy (non-hydrogen) atoms. The molecule has 0 saturated carbocycles. The van der Waals surface area contributed by atoms with E-state index in [1.807, 2.05) is 0 Å². The number of nitrogens with one attached hydrogen (secondary N) is 1. The van der Waals surface area contributed by atoms with E-state index in [1.165, 1.54) is 0 Å². The highest BCUT2D eigenvalue weighted by molar-refractivity contribution is 7.87. The highest BCUT2D eigenvalue weighted by Gasteiger charge is 2.67. The van der Waals surface area contributed by atoms with E-state index in [0.717, 1.165) is 0 Å². The van der Waals surface area contributed by atoms with Crippen molar-refractivity contribution in [2.24, 2.45) is 0 Å². The number of halogens is 3. The summed E-state index contributed by atoms with van der Waals surface area (Å²) in [6, 6.07) is 0. The third kappa shape index (κ3) is 3.38. The molecule has 0 aromatic heterocycles. The fourth-order valence-corrected chi connectivity index (χ4v) is 4.68. The molecule has 3 aliphatic heterocycles. The van der Waals surface area contributed by atoms with E-state index in [-0.39, 0.29) is 13.0 Å². The molecule has 0 aliphatic carbocycles. The molecule has 3 saturated heterocycles. The Labute approximate surface area is 145 Å². The van der Waals surface area contributed by atoms with Gasteiger partial charge in [0, 0.05) is 0 Å². The number of carbonyl (C=O) groups excluding carboxylic acids is 2. The standard InChI is InChI=1S/C13H14F3NO8S/c1-5(13(14,15)16)11(18)22-3-2-17-12(19)24-8-6-4-7-9(23-6)10(8)25-26(7,20)21/h6-10H,1-4H2,(H,17,19). The van der Waals surface area contributed by atoms with Crippen LogP contribution < -0.4 is 5.32 Å². The van der Waals surface area contributed by atoms with E-state index < -0.39 is 70.2 Å². The van der Waals surface area contributed by atoms with Crippen molar-refractivity contribution in [3.05, 3.63) is 12.2 Å². The van der Waals surface area contributed by atoms with Crippen LogP contribution in [0.4, 0.5) is 18.0 Å². The Morgan fingerprint density at radius 3 is 2.62 bits per heavy atom. The molecule has 9 nitrogen and oxygen atoms in total. The van der Waals surface area contributed by atoms with E-state index in [1.54, 1.807) is 0 Å². The second kappa shape index (κ2) is 6.39. The maximum Gasteiger partial charge on any atom is 0.422 e. The Hall–Kier alpha value is -1.86. The van der Waals surface area contributed by atoms with Crippen molar-refractivity contribution in [3.63, 3.8) is 0 Å². The molecule has 3 heterocycles. The van der Waals surface area contributed by atoms with E-state index in [0.29, 0.717) is 0 Å². The van der Waals surface area contributed by atoms with Crippen molar-refractivity contribution in [3.8, 4) is 0 Å². The molecule has 2 bridgehead atoms. The third-order valence-corrected chi connectivity index (χ3v) is 5.92. The van der Waals surface area contributed by atoms with Gasteiger partial charge in [-0.05, 0) is 6.42 Å². The van der Waals surface area contributed by atoms with Gasteiger partial charge in [0.1, 0.15) is 29.6 Å². The largest absolute Gasteiger partial charge is 0.460 e. The van der Waals surface area contributed by atoms with E-state index in [4.69, 9.17) is 13.7 Å². The zero-order valence-corrected chi connectivity index (χ0v) is 13.8. The first-order chi connectivity index (χ1) is 12.0. The topological polar surface area (TPSA) is 117 Å². The average molecular weight is 401 g/mol. The Kier molecular flexibility index (Phi) is 4.65. The minimum Gasteiger partial charge on any atom is -0.460 e. The lowest BCUT2D eigenvalue weighted by atomic mass is 9.94. The van der Waals surface area contributed by atoms with Crippen LogP contribution in [0, 0.1) is 0 Å². The number of alkyl carbamates (subject to hydrolysis) is 1. The minimum absolute atomic E-state index is 0.151. The van der Waals surface area contributed by atoms with Gasteiger partial charge in [0.2, 0.25) is 0 Å². The normalized spacial score (nSPS) is 33.7. The molecule has 3 rings (SSSR count). The fraction of sp³-hybridized carbons (Fsp3) is 0.692. The molecule has 0 aromatic carbocycles. The van der Waals surface area contributed by atoms with Crippen molar-refractivity contribution in [1.29, 1.82) is 0 Å². The van der Waals surface area contributed by atoms with Crippen LogP contribution >= 0.6 is 0 Å². The molecule has 1 N–H and O–H groups in total. The van der Waals surface area contributed by atoms with Crippen molar-refractivity contribution in [2.75, 3.05) is 13.2 Å². The molecule has 146 valence electrons. The molecular weight excluding hydrogens is 387 g/mol. The van der Waals surface area contributed by atoms with Crippen LogP contribution in [0.25, 0.3) is 0 Å². The van der Waals surface area contributed by atoms with Crippen molar-refractivity contribution in [1.82, 2.24) is 5.32 Å². The monoisotopic (exact) mass is 401 g/mol. The van der Waals surface area contributed by atoms with Gasteiger partial charge in [-0.3, -0.25) is 4.18 Å². The lowest BCUT2D eigenvalue weighted by Crippen LogP contribution is -2.43. The van der Waals surface area contributed by atoms with Gasteiger partial charge in [-0.25, -0.2) is 9.59 Å². The first-order valence-electron chi connectivity index (χ1n) is 7.46. The molecule has 0 aromatic rings. The van der Waals surface area contributed by atoms with Gasteiger partial charge in [-0.2, -0.15) is 21.6 Å². The molecule has 1 amide bonds. The van der Waals surface area contributed by atoms with Gasteiger partial charge in [0.15, 0.2) is 6.10 Å². The van der Waals surface area contributed by atoms with Crippen LogP contribution in [0.1, 0.15) is 6.42 Å². The van der Waals surface area contributed by atoms with Crippen molar-refractivity contribution >= 4 is 22.2 Å². The highest BCUT2D eigenvalue weighted by atomic mass is 32.2. The summed E-state index contributed by atoms with van der Waals surface area (Å²) >= 11 is 0. The summed E-state index contributed by atoms with van der Waals surface area (Å²) in [5.74, 6) is -1.65. The number of rotatable bonds is 5. The maximum absolute atomic E-state index is 12.2. The van der Waals surface area contributed by atoms with E-state index in [9.17, 15) is 31.2 Å². The summed E-state index contributed by atoms with van der Waals surface area (Å²) < 4.78 is 79.8. The lowest BCUT2D eigenvalue weighted by molar-refractivity contribution is -0.150. The lowest BCUT2D eigenvalue weighted by Gasteiger charge is -2.21. The van der Waals surface area contributed by atoms with Crippen LogP contribution in [0.3, 0.4) is 0 Å². The zero-order valence-electron chi connectivity index (χ0n) is 13.0. The number of hydrogen-bond donors (Lipinski definition) is 1. The average Bonchev–Trinajstić information content (AvgIpc) is 3.14. The molecule has 0 spiro atoms. The first kappa shape index (κ1) is 18.9. The summed E-state index contributed by atoms with van der Waals surface area (Å²) in [5, 5.41) is 1.41. The molecule has 13 heteroatoms. The molecular formula is C13H14F3NO8S.